The Labute approximate surface area is 200 Å². The Morgan fingerprint density at radius 2 is 1.97 bits per heavy atom. The van der Waals surface area contributed by atoms with Gasteiger partial charge in [-0.15, -0.1) is 0 Å². The topological polar surface area (TPSA) is 104 Å². The van der Waals surface area contributed by atoms with Crippen molar-refractivity contribution in [2.45, 2.75) is 57.9 Å². The van der Waals surface area contributed by atoms with Gasteiger partial charge >= 0.3 is 12.1 Å². The predicted octanol–water partition coefficient (Wildman–Crippen LogP) is 4.02. The van der Waals surface area contributed by atoms with E-state index in [1.165, 1.54) is 30.9 Å². The van der Waals surface area contributed by atoms with Crippen LogP contribution in [-0.2, 0) is 17.9 Å². The molecule has 0 saturated carbocycles. The van der Waals surface area contributed by atoms with E-state index in [0.29, 0.717) is 11.9 Å². The molecule has 1 saturated heterocycles. The van der Waals surface area contributed by atoms with Crippen molar-refractivity contribution in [3.05, 3.63) is 70.4 Å². The number of aromatic nitrogens is 4. The third-order valence-corrected chi connectivity index (χ3v) is 5.76. The van der Waals surface area contributed by atoms with E-state index in [2.05, 4.69) is 38.2 Å². The summed E-state index contributed by atoms with van der Waals surface area (Å²) in [6.45, 7) is 4.79. The van der Waals surface area contributed by atoms with Gasteiger partial charge in [-0.3, -0.25) is 14.4 Å². The quantitative estimate of drug-likeness (QED) is 0.540. The molecule has 1 aromatic carbocycles. The maximum atomic E-state index is 11.9. The molecule has 3 heterocycles. The maximum absolute atomic E-state index is 11.9. The van der Waals surface area contributed by atoms with Gasteiger partial charge in [-0.2, -0.15) is 18.3 Å². The van der Waals surface area contributed by atoms with Gasteiger partial charge in [0.25, 0.3) is 5.56 Å². The van der Waals surface area contributed by atoms with Crippen molar-refractivity contribution in [2.24, 2.45) is 0 Å². The van der Waals surface area contributed by atoms with Gasteiger partial charge in [-0.25, -0.2) is 9.78 Å². The largest absolute Gasteiger partial charge is 0.490 e. The number of carboxylic acids is 1. The first-order valence-corrected chi connectivity index (χ1v) is 11.3. The van der Waals surface area contributed by atoms with Crippen molar-refractivity contribution >= 4 is 5.97 Å². The smallest absolute Gasteiger partial charge is 0.475 e. The van der Waals surface area contributed by atoms with E-state index >= 15 is 0 Å². The molecule has 1 fully saturated rings. The van der Waals surface area contributed by atoms with Gasteiger partial charge in [0.15, 0.2) is 0 Å². The normalized spacial score (nSPS) is 16.4. The number of nitrogens with one attached hydrogen (secondary N) is 1. The van der Waals surface area contributed by atoms with Gasteiger partial charge in [-0.1, -0.05) is 30.7 Å². The molecule has 0 bridgehead atoms. The summed E-state index contributed by atoms with van der Waals surface area (Å²) in [4.78, 5) is 30.9. The van der Waals surface area contributed by atoms with E-state index in [1.807, 2.05) is 36.1 Å². The second-order valence-corrected chi connectivity index (χ2v) is 8.37. The fraction of sp³-hybridized carbons (Fsp3) is 0.417. The first-order chi connectivity index (χ1) is 16.6. The summed E-state index contributed by atoms with van der Waals surface area (Å²) in [6, 6.07) is 12.3. The third kappa shape index (κ3) is 7.78. The zero-order valence-electron chi connectivity index (χ0n) is 19.3. The van der Waals surface area contributed by atoms with Gasteiger partial charge in [0.05, 0.1) is 0 Å². The van der Waals surface area contributed by atoms with Crippen LogP contribution in [0.5, 0.6) is 0 Å². The van der Waals surface area contributed by atoms with Crippen molar-refractivity contribution in [1.82, 2.24) is 24.6 Å². The molecule has 2 aromatic heterocycles. The van der Waals surface area contributed by atoms with Gasteiger partial charge < -0.3 is 10.1 Å². The number of piperidine rings is 1. The molecule has 188 valence electrons. The lowest BCUT2D eigenvalue weighted by Crippen LogP contribution is -2.39. The van der Waals surface area contributed by atoms with Gasteiger partial charge in [0.2, 0.25) is 0 Å². The van der Waals surface area contributed by atoms with Crippen molar-refractivity contribution < 1.29 is 23.1 Å². The van der Waals surface area contributed by atoms with Crippen molar-refractivity contribution in [2.75, 3.05) is 6.54 Å². The van der Waals surface area contributed by atoms with E-state index in [-0.39, 0.29) is 5.56 Å². The van der Waals surface area contributed by atoms with E-state index in [1.54, 1.807) is 0 Å². The van der Waals surface area contributed by atoms with E-state index < -0.39 is 12.1 Å². The lowest BCUT2D eigenvalue weighted by atomic mass is 9.97. The number of nitrogens with zero attached hydrogens (tertiary/aromatic N) is 4. The molecular weight excluding hydrogens is 463 g/mol. The average Bonchev–Trinajstić information content (AvgIpc) is 3.32. The van der Waals surface area contributed by atoms with Crippen LogP contribution in [0.4, 0.5) is 13.2 Å². The van der Waals surface area contributed by atoms with Gasteiger partial charge in [-0.05, 0) is 44.4 Å². The fourth-order valence-electron chi connectivity index (χ4n) is 4.12. The Balaban J connectivity index is 0.000000429. The molecule has 8 nitrogen and oxygen atoms in total. The summed E-state index contributed by atoms with van der Waals surface area (Å²) in [6.07, 6.45) is 3.63. The van der Waals surface area contributed by atoms with Crippen LogP contribution in [0, 0.1) is 6.92 Å². The average molecular weight is 492 g/mol. The van der Waals surface area contributed by atoms with Crippen LogP contribution in [-0.4, -0.2) is 54.5 Å². The number of hydrogen-bond acceptors (Lipinski definition) is 5. The first-order valence-electron chi connectivity index (χ1n) is 11.3. The summed E-state index contributed by atoms with van der Waals surface area (Å²) in [5, 5.41) is 11.5. The number of carboxylic acid groups (broad SMARTS) is 1. The number of rotatable bonds is 6. The highest BCUT2D eigenvalue weighted by atomic mass is 19.4. The first kappa shape index (κ1) is 26.1. The molecule has 0 radical (unpaired) electrons. The lowest BCUT2D eigenvalue weighted by Gasteiger charge is -2.36. The highest BCUT2D eigenvalue weighted by Gasteiger charge is 2.38. The predicted molar refractivity (Wildman–Crippen MR) is 124 cm³/mol. The molecule has 35 heavy (non-hydrogen) atoms. The standard InChI is InChI=1S/C22H27N5O.C2HF3O2/c1-17-15-21(28)25-22(24-17)20-9-3-2-7-18(20)16-26-12-5-4-8-19(26)10-14-27-13-6-11-23-27;3-2(4,5)1(6)7/h2-3,6-7,9,11,13,15,19H,4-5,8,10,12,14,16H2,1H3,(H,24,25,28);(H,6,7). The molecule has 0 aliphatic carbocycles. The second kappa shape index (κ2) is 11.8. The highest BCUT2D eigenvalue weighted by Crippen LogP contribution is 2.26. The molecule has 1 aliphatic heterocycles. The van der Waals surface area contributed by atoms with Gasteiger partial charge in [0, 0.05) is 48.8 Å². The minimum atomic E-state index is -5.08. The molecule has 1 aliphatic rings. The number of aryl methyl sites for hydroxylation is 2. The number of aliphatic carboxylic acids is 1. The zero-order chi connectivity index (χ0) is 25.4. The minimum absolute atomic E-state index is 0.104. The van der Waals surface area contributed by atoms with Crippen LogP contribution >= 0.6 is 0 Å². The van der Waals surface area contributed by atoms with Crippen LogP contribution in [0.25, 0.3) is 11.4 Å². The number of hydrogen-bond donors (Lipinski definition) is 2. The third-order valence-electron chi connectivity index (χ3n) is 5.76. The van der Waals surface area contributed by atoms with Crippen LogP contribution in [0.3, 0.4) is 0 Å². The number of carbonyl (C=O) groups is 1. The van der Waals surface area contributed by atoms with Crippen LogP contribution in [0.2, 0.25) is 0 Å². The van der Waals surface area contributed by atoms with Crippen molar-refractivity contribution in [3.63, 3.8) is 0 Å². The van der Waals surface area contributed by atoms with Crippen LogP contribution in [0.15, 0.2) is 53.6 Å². The molecule has 4 rings (SSSR count). The van der Waals surface area contributed by atoms with E-state index in [4.69, 9.17) is 9.90 Å². The second-order valence-electron chi connectivity index (χ2n) is 8.37. The van der Waals surface area contributed by atoms with Gasteiger partial charge in [0.1, 0.15) is 5.82 Å². The summed E-state index contributed by atoms with van der Waals surface area (Å²) < 4.78 is 33.8. The molecule has 1 unspecified atom stereocenters. The lowest BCUT2D eigenvalue weighted by molar-refractivity contribution is -0.192. The Morgan fingerprint density at radius 3 is 2.63 bits per heavy atom. The number of likely N-dealkylation sites (tertiary alicyclic amines) is 1. The number of H-pyrrole nitrogens is 1. The Hall–Kier alpha value is -3.47. The minimum Gasteiger partial charge on any atom is -0.475 e. The molecule has 2 N–H and O–H groups in total. The molecule has 3 aromatic rings. The molecule has 0 amide bonds. The number of halogens is 3. The summed E-state index contributed by atoms with van der Waals surface area (Å²) in [7, 11) is 0. The zero-order valence-corrected chi connectivity index (χ0v) is 19.3. The Morgan fingerprint density at radius 1 is 1.23 bits per heavy atom. The summed E-state index contributed by atoms with van der Waals surface area (Å²) in [5.41, 5.74) is 2.86. The monoisotopic (exact) mass is 491 g/mol. The van der Waals surface area contributed by atoms with Crippen LogP contribution in [0.1, 0.15) is 36.9 Å². The molecule has 0 spiro atoms. The molecule has 11 heteroatoms. The number of aromatic amines is 1. The highest BCUT2D eigenvalue weighted by molar-refractivity contribution is 5.73. The number of benzene rings is 1. The fourth-order valence-corrected chi connectivity index (χ4v) is 4.12. The van der Waals surface area contributed by atoms with Crippen LogP contribution < -0.4 is 5.56 Å². The van der Waals surface area contributed by atoms with E-state index in [0.717, 1.165) is 37.3 Å². The van der Waals surface area contributed by atoms with E-state index in [9.17, 15) is 18.0 Å². The maximum Gasteiger partial charge on any atom is 0.490 e. The summed E-state index contributed by atoms with van der Waals surface area (Å²) >= 11 is 0. The van der Waals surface area contributed by atoms with Crippen molar-refractivity contribution in [3.8, 4) is 11.4 Å². The number of alkyl halides is 3. The Bertz CT molecular complexity index is 1160. The Kier molecular flexibility index (Phi) is 8.80. The SMILES string of the molecule is Cc1cc(=O)[nH]c(-c2ccccc2CN2CCCCC2CCn2cccn2)n1.O=C(O)C(F)(F)F. The molecule has 1 atom stereocenters. The summed E-state index contributed by atoms with van der Waals surface area (Å²) in [5.74, 6) is -2.10. The molecular formula is C24H28F3N5O3. The van der Waals surface area contributed by atoms with Crippen molar-refractivity contribution in [1.29, 1.82) is 0 Å².